The number of nitrogens with zero attached hydrogens (tertiary/aromatic N) is 3. The minimum atomic E-state index is -4.61. The summed E-state index contributed by atoms with van der Waals surface area (Å²) in [5.74, 6) is -1.35. The summed E-state index contributed by atoms with van der Waals surface area (Å²) in [6.45, 7) is 5.52. The number of rotatable bonds is 3. The lowest BCUT2D eigenvalue weighted by Gasteiger charge is -2.22. The first-order valence-corrected chi connectivity index (χ1v) is 8.60. The van der Waals surface area contributed by atoms with Gasteiger partial charge in [0, 0.05) is 11.6 Å². The number of halogens is 3. The van der Waals surface area contributed by atoms with Crippen molar-refractivity contribution < 1.29 is 28.2 Å². The van der Waals surface area contributed by atoms with Gasteiger partial charge < -0.3 is 10.2 Å². The lowest BCUT2D eigenvalue weighted by molar-refractivity contribution is -0.136. The number of hydrogen-bond acceptors (Lipinski definition) is 4. The highest BCUT2D eigenvalue weighted by atomic mass is 19.4. The second-order valence-corrected chi connectivity index (χ2v) is 7.52. The predicted octanol–water partition coefficient (Wildman–Crippen LogP) is 4.54. The molecule has 152 valence electrons. The molecule has 0 fully saturated rings. The van der Waals surface area contributed by atoms with E-state index in [1.54, 1.807) is 6.07 Å². The van der Waals surface area contributed by atoms with Gasteiger partial charge in [-0.3, -0.25) is 0 Å². The topological polar surface area (TPSA) is 88.2 Å². The molecule has 0 saturated heterocycles. The number of aromatic hydroxyl groups is 1. The summed E-state index contributed by atoms with van der Waals surface area (Å²) in [5.41, 5.74) is -0.841. The molecule has 0 amide bonds. The van der Waals surface area contributed by atoms with Crippen LogP contribution in [0.2, 0.25) is 0 Å². The Labute approximate surface area is 163 Å². The van der Waals surface area contributed by atoms with E-state index in [0.29, 0.717) is 11.1 Å². The molecule has 3 rings (SSSR count). The number of carboxylic acids is 1. The fourth-order valence-electron chi connectivity index (χ4n) is 2.90. The lowest BCUT2D eigenvalue weighted by Crippen LogP contribution is -2.13. The van der Waals surface area contributed by atoms with Gasteiger partial charge in [-0.05, 0) is 41.3 Å². The number of phenols is 1. The highest BCUT2D eigenvalue weighted by molar-refractivity contribution is 5.85. The maximum absolute atomic E-state index is 13.3. The monoisotopic (exact) mass is 405 g/mol. The Morgan fingerprint density at radius 2 is 1.79 bits per heavy atom. The largest absolute Gasteiger partial charge is 0.505 e. The van der Waals surface area contributed by atoms with Crippen LogP contribution < -0.4 is 0 Å². The van der Waals surface area contributed by atoms with Crippen LogP contribution in [0.3, 0.4) is 0 Å². The Bertz CT molecular complexity index is 1130. The molecule has 2 N–H and O–H groups in total. The van der Waals surface area contributed by atoms with Crippen molar-refractivity contribution in [1.82, 2.24) is 15.0 Å². The molecule has 1 aromatic heterocycles. The molecule has 3 aromatic rings. The van der Waals surface area contributed by atoms with Crippen molar-refractivity contribution in [3.05, 3.63) is 53.1 Å². The first kappa shape index (κ1) is 20.4. The van der Waals surface area contributed by atoms with Crippen molar-refractivity contribution in [2.45, 2.75) is 32.4 Å². The molecule has 0 radical (unpaired) electrons. The zero-order chi connectivity index (χ0) is 21.6. The molecule has 6 nitrogen and oxygen atoms in total. The van der Waals surface area contributed by atoms with Crippen LogP contribution in [0.5, 0.6) is 5.75 Å². The highest BCUT2D eigenvalue weighted by Crippen LogP contribution is 2.38. The van der Waals surface area contributed by atoms with Crippen molar-refractivity contribution >= 4 is 23.1 Å². The molecule has 1 heterocycles. The van der Waals surface area contributed by atoms with Gasteiger partial charge in [0.1, 0.15) is 22.5 Å². The van der Waals surface area contributed by atoms with E-state index < -0.39 is 23.1 Å². The van der Waals surface area contributed by atoms with Crippen LogP contribution in [-0.4, -0.2) is 31.2 Å². The number of aromatic nitrogens is 3. The number of fused-ring (bicyclic) bond motifs is 1. The third-order valence-electron chi connectivity index (χ3n) is 4.27. The second-order valence-electron chi connectivity index (χ2n) is 7.52. The highest BCUT2D eigenvalue weighted by Gasteiger charge is 2.34. The Morgan fingerprint density at radius 1 is 1.10 bits per heavy atom. The number of carboxylic acid groups (broad SMARTS) is 1. The fraction of sp³-hybridized carbons (Fsp3) is 0.250. The van der Waals surface area contributed by atoms with Crippen molar-refractivity contribution in [3.8, 4) is 11.4 Å². The smallest absolute Gasteiger partial charge is 0.418 e. The van der Waals surface area contributed by atoms with E-state index >= 15 is 0 Å². The molecule has 0 aliphatic carbocycles. The van der Waals surface area contributed by atoms with Crippen molar-refractivity contribution in [1.29, 1.82) is 0 Å². The zero-order valence-electron chi connectivity index (χ0n) is 15.8. The molecule has 9 heteroatoms. The molecular formula is C20H18F3N3O3. The van der Waals surface area contributed by atoms with Crippen LogP contribution in [0.25, 0.3) is 22.8 Å². The van der Waals surface area contributed by atoms with E-state index in [9.17, 15) is 23.1 Å². The molecular weight excluding hydrogens is 387 g/mol. The van der Waals surface area contributed by atoms with Gasteiger partial charge in [-0.1, -0.05) is 26.8 Å². The van der Waals surface area contributed by atoms with Gasteiger partial charge in [0.2, 0.25) is 0 Å². The molecule has 0 aliphatic heterocycles. The molecule has 0 unspecified atom stereocenters. The number of alkyl halides is 3. The summed E-state index contributed by atoms with van der Waals surface area (Å²) in [4.78, 5) is 11.8. The second kappa shape index (κ2) is 6.91. The summed E-state index contributed by atoms with van der Waals surface area (Å²) in [5, 5.41) is 27.7. The van der Waals surface area contributed by atoms with Crippen molar-refractivity contribution in [3.63, 3.8) is 0 Å². The van der Waals surface area contributed by atoms with Gasteiger partial charge in [0.25, 0.3) is 0 Å². The van der Waals surface area contributed by atoms with Crippen molar-refractivity contribution in [2.75, 3.05) is 0 Å². The minimum Gasteiger partial charge on any atom is -0.505 e. The fourth-order valence-corrected chi connectivity index (χ4v) is 2.90. The van der Waals surface area contributed by atoms with Gasteiger partial charge in [0.05, 0.1) is 5.56 Å². The van der Waals surface area contributed by atoms with Crippen LogP contribution in [0.1, 0.15) is 37.5 Å². The van der Waals surface area contributed by atoms with E-state index in [0.717, 1.165) is 16.9 Å². The van der Waals surface area contributed by atoms with Gasteiger partial charge >= 0.3 is 12.1 Å². The molecule has 0 atom stereocenters. The number of benzene rings is 2. The maximum Gasteiger partial charge on any atom is 0.418 e. The third kappa shape index (κ3) is 4.08. The quantitative estimate of drug-likeness (QED) is 0.625. The van der Waals surface area contributed by atoms with Gasteiger partial charge in [-0.2, -0.15) is 13.2 Å². The average molecular weight is 405 g/mol. The van der Waals surface area contributed by atoms with E-state index in [2.05, 4.69) is 10.2 Å². The summed E-state index contributed by atoms with van der Waals surface area (Å²) >= 11 is 0. The molecule has 0 spiro atoms. The lowest BCUT2D eigenvalue weighted by atomic mass is 9.85. The van der Waals surface area contributed by atoms with Gasteiger partial charge in [0.15, 0.2) is 0 Å². The Hall–Kier alpha value is -3.36. The summed E-state index contributed by atoms with van der Waals surface area (Å²) in [6.07, 6.45) is -2.35. The molecule has 29 heavy (non-hydrogen) atoms. The van der Waals surface area contributed by atoms with Crippen LogP contribution in [0.4, 0.5) is 13.2 Å². The Kier molecular flexibility index (Phi) is 4.86. The SMILES string of the molecule is CC(C)(C)c1cc(/C=C/C(=O)O)cc(-n2nc3cccc(C(F)(F)F)c3n2)c1O. The van der Waals surface area contributed by atoms with Gasteiger partial charge in [-0.15, -0.1) is 15.0 Å². The Morgan fingerprint density at radius 3 is 2.38 bits per heavy atom. The summed E-state index contributed by atoms with van der Waals surface area (Å²) in [6, 6.07) is 6.56. The first-order chi connectivity index (χ1) is 13.4. The zero-order valence-corrected chi connectivity index (χ0v) is 15.8. The summed E-state index contributed by atoms with van der Waals surface area (Å²) < 4.78 is 39.8. The standard InChI is InChI=1S/C20H18F3N3O3/c1-19(2,3)13-9-11(7-8-16(27)28)10-15(18(13)29)26-24-14-6-4-5-12(17(14)25-26)20(21,22)23/h4-10,29H,1-3H3,(H,27,28)/b8-7+. The van der Waals surface area contributed by atoms with Crippen LogP contribution in [-0.2, 0) is 16.4 Å². The van der Waals surface area contributed by atoms with Crippen molar-refractivity contribution in [2.24, 2.45) is 0 Å². The number of hydrogen-bond donors (Lipinski definition) is 2. The van der Waals surface area contributed by atoms with Crippen LogP contribution in [0.15, 0.2) is 36.4 Å². The minimum absolute atomic E-state index is 0.0167. The predicted molar refractivity (Wildman–Crippen MR) is 101 cm³/mol. The van der Waals surface area contributed by atoms with Crippen LogP contribution >= 0.6 is 0 Å². The number of carbonyl (C=O) groups is 1. The van der Waals surface area contributed by atoms with Crippen LogP contribution in [0, 0.1) is 0 Å². The molecule has 0 bridgehead atoms. The first-order valence-electron chi connectivity index (χ1n) is 8.60. The molecule has 0 saturated carbocycles. The van der Waals surface area contributed by atoms with Gasteiger partial charge in [-0.25, -0.2) is 4.79 Å². The van der Waals surface area contributed by atoms with E-state index in [4.69, 9.17) is 5.11 Å². The molecule has 2 aromatic carbocycles. The summed E-state index contributed by atoms with van der Waals surface area (Å²) in [7, 11) is 0. The third-order valence-corrected chi connectivity index (χ3v) is 4.27. The average Bonchev–Trinajstić information content (AvgIpc) is 3.02. The van der Waals surface area contributed by atoms with E-state index in [-0.39, 0.29) is 22.5 Å². The van der Waals surface area contributed by atoms with E-state index in [1.165, 1.54) is 24.3 Å². The maximum atomic E-state index is 13.3. The molecule has 0 aliphatic rings. The number of aliphatic carboxylic acids is 1. The van der Waals surface area contributed by atoms with E-state index in [1.807, 2.05) is 20.8 Å². The normalized spacial score (nSPS) is 12.8. The Balaban J connectivity index is 2.27. The number of phenolic OH excluding ortho intramolecular Hbond substituents is 1.